The average molecular weight is 203 g/mol. The van der Waals surface area contributed by atoms with Gasteiger partial charge in [0.15, 0.2) is 0 Å². The molecule has 0 atom stereocenters. The van der Waals surface area contributed by atoms with Crippen LogP contribution in [0.3, 0.4) is 0 Å². The molecule has 0 bridgehead atoms. The smallest absolute Gasteiger partial charge is 0.267 e. The highest BCUT2D eigenvalue weighted by atomic mass is 28.4. The van der Waals surface area contributed by atoms with E-state index in [1.807, 2.05) is 13.1 Å². The normalized spacial score (nSPS) is 13.3. The molecule has 0 aliphatic heterocycles. The summed E-state index contributed by atoms with van der Waals surface area (Å²) in [6.45, 7) is 10.3. The van der Waals surface area contributed by atoms with Crippen molar-refractivity contribution in [3.05, 3.63) is 22.6 Å². The molecule has 0 spiro atoms. The Morgan fingerprint density at radius 2 is 1.85 bits per heavy atom. The van der Waals surface area contributed by atoms with Crippen LogP contribution in [0.1, 0.15) is 20.8 Å². The minimum Gasteiger partial charge on any atom is -0.544 e. The van der Waals surface area contributed by atoms with Crippen molar-refractivity contribution in [2.24, 2.45) is 0 Å². The highest BCUT2D eigenvalue weighted by molar-refractivity contribution is 6.74. The first kappa shape index (κ1) is 12.2. The zero-order chi connectivity index (χ0) is 10.7. The van der Waals surface area contributed by atoms with Crippen molar-refractivity contribution in [2.75, 3.05) is 0 Å². The summed E-state index contributed by atoms with van der Waals surface area (Å²) in [6, 6.07) is 0. The van der Waals surface area contributed by atoms with E-state index in [1.54, 1.807) is 0 Å². The number of nitrogens with zero attached hydrogens (tertiary/aromatic N) is 1. The van der Waals surface area contributed by atoms with Gasteiger partial charge in [0.2, 0.25) is 8.32 Å². The van der Waals surface area contributed by atoms with E-state index >= 15 is 0 Å². The Kier molecular flexibility index (Phi) is 3.66. The van der Waals surface area contributed by atoms with Gasteiger partial charge in [-0.2, -0.15) is 0 Å². The van der Waals surface area contributed by atoms with Gasteiger partial charge in [0.1, 0.15) is 6.26 Å². The summed E-state index contributed by atoms with van der Waals surface area (Å²) in [6.07, 6.45) is 2.03. The van der Waals surface area contributed by atoms with Gasteiger partial charge in [-0.3, -0.25) is 10.1 Å². The Hall–Kier alpha value is -0.843. The maximum atomic E-state index is 9.99. The van der Waals surface area contributed by atoms with Crippen LogP contribution in [0.2, 0.25) is 18.1 Å². The Labute approximate surface area is 79.9 Å². The lowest BCUT2D eigenvalue weighted by molar-refractivity contribution is -0.403. The highest BCUT2D eigenvalue weighted by Crippen LogP contribution is 2.36. The molecular formula is C8H17NO3Si. The summed E-state index contributed by atoms with van der Waals surface area (Å²) >= 11 is 0. The molecule has 0 unspecified atom stereocenters. The summed E-state index contributed by atoms with van der Waals surface area (Å²) in [7, 11) is -1.86. The topological polar surface area (TPSA) is 52.4 Å². The van der Waals surface area contributed by atoms with Crippen molar-refractivity contribution in [1.82, 2.24) is 0 Å². The van der Waals surface area contributed by atoms with Gasteiger partial charge in [-0.05, 0) is 18.1 Å². The van der Waals surface area contributed by atoms with Crippen molar-refractivity contribution < 1.29 is 9.35 Å². The maximum absolute atomic E-state index is 9.99. The largest absolute Gasteiger partial charge is 0.544 e. The van der Waals surface area contributed by atoms with Crippen LogP contribution in [0, 0.1) is 10.1 Å². The van der Waals surface area contributed by atoms with Gasteiger partial charge in [-0.25, -0.2) is 0 Å². The second-order valence-corrected chi connectivity index (χ2v) is 9.20. The third-order valence-electron chi connectivity index (χ3n) is 2.35. The molecule has 0 amide bonds. The van der Waals surface area contributed by atoms with Gasteiger partial charge < -0.3 is 4.43 Å². The van der Waals surface area contributed by atoms with E-state index in [2.05, 4.69) is 20.8 Å². The molecular weight excluding hydrogens is 186 g/mol. The first-order valence-electron chi connectivity index (χ1n) is 4.15. The predicted molar refractivity (Wildman–Crippen MR) is 54.4 cm³/mol. The summed E-state index contributed by atoms with van der Waals surface area (Å²) in [5.74, 6) is 0. The molecule has 0 aromatic rings. The highest BCUT2D eigenvalue weighted by Gasteiger charge is 2.38. The van der Waals surface area contributed by atoms with Crippen molar-refractivity contribution in [1.29, 1.82) is 0 Å². The molecule has 4 nitrogen and oxygen atoms in total. The average Bonchev–Trinajstić information content (AvgIpc) is 1.82. The number of hydrogen-bond donors (Lipinski definition) is 0. The van der Waals surface area contributed by atoms with Gasteiger partial charge in [0, 0.05) is 0 Å². The van der Waals surface area contributed by atoms with Gasteiger partial charge in [-0.15, -0.1) is 0 Å². The predicted octanol–water partition coefficient (Wildman–Crippen LogP) is 2.76. The van der Waals surface area contributed by atoms with Crippen molar-refractivity contribution in [3.8, 4) is 0 Å². The number of hydrogen-bond acceptors (Lipinski definition) is 3. The van der Waals surface area contributed by atoms with Crippen molar-refractivity contribution in [2.45, 2.75) is 38.9 Å². The molecule has 0 saturated carbocycles. The molecule has 0 rings (SSSR count). The van der Waals surface area contributed by atoms with E-state index in [9.17, 15) is 10.1 Å². The van der Waals surface area contributed by atoms with Crippen LogP contribution in [-0.2, 0) is 4.43 Å². The monoisotopic (exact) mass is 203 g/mol. The third-order valence-corrected chi connectivity index (χ3v) is 6.69. The van der Waals surface area contributed by atoms with E-state index < -0.39 is 13.2 Å². The van der Waals surface area contributed by atoms with Gasteiger partial charge in [0.05, 0.1) is 4.92 Å². The SMILES string of the molecule is CC(C)(C)[Si](C)(C)O/C=C/[N+](=O)[O-]. The second kappa shape index (κ2) is 3.91. The lowest BCUT2D eigenvalue weighted by Gasteiger charge is -2.34. The summed E-state index contributed by atoms with van der Waals surface area (Å²) in [4.78, 5) is 9.47. The Morgan fingerprint density at radius 1 is 1.38 bits per heavy atom. The molecule has 0 saturated heterocycles. The van der Waals surface area contributed by atoms with Crippen LogP contribution in [0.4, 0.5) is 0 Å². The van der Waals surface area contributed by atoms with Crippen LogP contribution in [0.5, 0.6) is 0 Å². The van der Waals surface area contributed by atoms with E-state index in [0.29, 0.717) is 0 Å². The Morgan fingerprint density at radius 3 is 2.15 bits per heavy atom. The van der Waals surface area contributed by atoms with Crippen LogP contribution >= 0.6 is 0 Å². The molecule has 0 aromatic carbocycles. The fraction of sp³-hybridized carbons (Fsp3) is 0.750. The summed E-state index contributed by atoms with van der Waals surface area (Å²) < 4.78 is 5.42. The number of nitro groups is 1. The molecule has 0 N–H and O–H groups in total. The van der Waals surface area contributed by atoms with E-state index in [0.717, 1.165) is 6.20 Å². The molecule has 0 fully saturated rings. The lowest BCUT2D eigenvalue weighted by Crippen LogP contribution is -2.39. The Balaban J connectivity index is 4.27. The van der Waals surface area contributed by atoms with E-state index in [1.165, 1.54) is 6.26 Å². The molecule has 0 heterocycles. The van der Waals surface area contributed by atoms with Crippen LogP contribution in [0.15, 0.2) is 12.5 Å². The van der Waals surface area contributed by atoms with Crippen molar-refractivity contribution >= 4 is 8.32 Å². The molecule has 5 heteroatoms. The molecule has 0 aromatic heterocycles. The van der Waals surface area contributed by atoms with Gasteiger partial charge in [-0.1, -0.05) is 20.8 Å². The first-order valence-corrected chi connectivity index (χ1v) is 7.05. The fourth-order valence-electron chi connectivity index (χ4n) is 0.427. The first-order chi connectivity index (χ1) is 5.67. The second-order valence-electron chi connectivity index (χ2n) is 4.45. The van der Waals surface area contributed by atoms with Crippen LogP contribution in [0.25, 0.3) is 0 Å². The number of rotatable bonds is 3. The van der Waals surface area contributed by atoms with E-state index in [4.69, 9.17) is 4.43 Å². The summed E-state index contributed by atoms with van der Waals surface area (Å²) in [5.41, 5.74) is 0. The van der Waals surface area contributed by atoms with Gasteiger partial charge in [0.25, 0.3) is 6.20 Å². The molecule has 0 aliphatic carbocycles. The quantitative estimate of drug-likeness (QED) is 0.307. The Bertz CT molecular complexity index is 218. The van der Waals surface area contributed by atoms with Crippen LogP contribution in [-0.4, -0.2) is 13.2 Å². The standard InChI is InChI=1S/C8H17NO3Si/c1-8(2,3)13(4,5)12-7-6-9(10)11/h6-7H,1-5H3/b7-6+. The zero-order valence-corrected chi connectivity index (χ0v) is 9.83. The fourth-order valence-corrected chi connectivity index (χ4v) is 1.18. The molecule has 76 valence electrons. The van der Waals surface area contributed by atoms with Crippen molar-refractivity contribution in [3.63, 3.8) is 0 Å². The van der Waals surface area contributed by atoms with Gasteiger partial charge >= 0.3 is 0 Å². The summed E-state index contributed by atoms with van der Waals surface area (Å²) in [5, 5.41) is 10.1. The lowest BCUT2D eigenvalue weighted by atomic mass is 10.2. The maximum Gasteiger partial charge on any atom is 0.267 e. The zero-order valence-electron chi connectivity index (χ0n) is 8.83. The molecule has 0 radical (unpaired) electrons. The molecule has 0 aliphatic rings. The minimum atomic E-state index is -1.86. The molecule has 13 heavy (non-hydrogen) atoms. The third kappa shape index (κ3) is 4.07. The van der Waals surface area contributed by atoms with Crippen LogP contribution < -0.4 is 0 Å². The van der Waals surface area contributed by atoms with E-state index in [-0.39, 0.29) is 5.04 Å². The minimum absolute atomic E-state index is 0.0773.